The van der Waals surface area contributed by atoms with E-state index in [1.54, 1.807) is 11.1 Å². The first-order valence-corrected chi connectivity index (χ1v) is 18.1. The minimum Gasteiger partial charge on any atom is -0.444 e. The maximum atomic E-state index is 15.1. The van der Waals surface area contributed by atoms with Gasteiger partial charge in [-0.3, -0.25) is 19.3 Å². The number of amides is 4. The predicted octanol–water partition coefficient (Wildman–Crippen LogP) is 2.17. The number of benzene rings is 2. The third-order valence-corrected chi connectivity index (χ3v) is 10.4. The minimum atomic E-state index is -1.45. The monoisotopic (exact) mass is 748 g/mol. The molecule has 2 aromatic carbocycles. The highest BCUT2D eigenvalue weighted by molar-refractivity contribution is 6.12. The molecule has 3 saturated heterocycles. The van der Waals surface area contributed by atoms with E-state index in [1.165, 1.54) is 12.2 Å². The number of carbonyl (C=O) groups excluding carboxylic acids is 4. The van der Waals surface area contributed by atoms with E-state index in [1.807, 2.05) is 34.9 Å². The van der Waals surface area contributed by atoms with Gasteiger partial charge in [0.25, 0.3) is 17.7 Å². The second kappa shape index (κ2) is 16.5. The summed E-state index contributed by atoms with van der Waals surface area (Å²) in [6.45, 7) is 1.97. The van der Waals surface area contributed by atoms with E-state index in [-0.39, 0.29) is 56.6 Å². The lowest BCUT2D eigenvalue weighted by atomic mass is 9.84. The van der Waals surface area contributed by atoms with Crippen molar-refractivity contribution in [1.29, 1.82) is 0 Å². The Morgan fingerprint density at radius 1 is 1.06 bits per heavy atom. The topological polar surface area (TPSA) is 165 Å². The number of hydrogen-bond acceptors (Lipinski definition) is 10. The zero-order valence-corrected chi connectivity index (χ0v) is 29.4. The van der Waals surface area contributed by atoms with Gasteiger partial charge in [-0.2, -0.15) is 0 Å². The van der Waals surface area contributed by atoms with Crippen LogP contribution in [0.4, 0.5) is 13.6 Å². The molecule has 0 aliphatic carbocycles. The second-order valence-electron chi connectivity index (χ2n) is 13.8. The summed E-state index contributed by atoms with van der Waals surface area (Å²) >= 11 is 0. The number of likely N-dealkylation sites (tertiary alicyclic amines) is 1. The number of rotatable bonds is 13. The Labute approximate surface area is 310 Å². The lowest BCUT2D eigenvalue weighted by Gasteiger charge is -2.45. The molecule has 5 heterocycles. The Kier molecular flexibility index (Phi) is 11.4. The van der Waals surface area contributed by atoms with Crippen LogP contribution >= 0.6 is 0 Å². The van der Waals surface area contributed by atoms with E-state index >= 15 is 4.39 Å². The van der Waals surface area contributed by atoms with Crippen LogP contribution in [0.1, 0.15) is 30.3 Å². The molecule has 3 N–H and O–H groups in total. The second-order valence-corrected chi connectivity index (χ2v) is 13.8. The van der Waals surface area contributed by atoms with E-state index in [9.17, 15) is 28.7 Å². The lowest BCUT2D eigenvalue weighted by molar-refractivity contribution is -0.155. The van der Waals surface area contributed by atoms with Crippen molar-refractivity contribution in [3.05, 3.63) is 89.9 Å². The maximum Gasteiger partial charge on any atom is 0.407 e. The lowest BCUT2D eigenvalue weighted by Crippen LogP contribution is -2.61. The molecule has 3 fully saturated rings. The fourth-order valence-electron chi connectivity index (χ4n) is 7.73. The number of alkyl carbamates (subject to hydrolysis) is 1. The maximum absolute atomic E-state index is 15.1. The first kappa shape index (κ1) is 37.3. The molecule has 1 aromatic heterocycles. The number of halogens is 2. The number of hydrogen-bond donors (Lipinski definition) is 3. The van der Waals surface area contributed by atoms with Gasteiger partial charge in [-0.25, -0.2) is 18.6 Å². The van der Waals surface area contributed by atoms with Crippen LogP contribution in [0.5, 0.6) is 0 Å². The van der Waals surface area contributed by atoms with Crippen molar-refractivity contribution in [3.63, 3.8) is 0 Å². The summed E-state index contributed by atoms with van der Waals surface area (Å²) in [5, 5.41) is 17.2. The van der Waals surface area contributed by atoms with Gasteiger partial charge >= 0.3 is 6.09 Å². The average Bonchev–Trinajstić information content (AvgIpc) is 3.87. The number of carbonyl (C=O) groups is 4. The SMILES string of the molecule is O=C(NCCOCCN1C(=O)C=CC1=O)O[C@@H]1CNC2[C@H](O)C(=O)N(C(c3nc(-c4cc(F)ccc4F)cn3Cc3ccccc3)C3CCOCC3)C[C@H]21. The molecule has 54 heavy (non-hydrogen) atoms. The predicted molar refractivity (Wildman–Crippen MR) is 187 cm³/mol. The Morgan fingerprint density at radius 2 is 1.81 bits per heavy atom. The Bertz CT molecular complexity index is 1870. The quantitative estimate of drug-likeness (QED) is 0.174. The van der Waals surface area contributed by atoms with Gasteiger partial charge in [-0.1, -0.05) is 30.3 Å². The molecular weight excluding hydrogens is 706 g/mol. The number of fused-ring (bicyclic) bond motifs is 1. The highest BCUT2D eigenvalue weighted by Gasteiger charge is 2.53. The number of aliphatic hydroxyl groups is 1. The zero-order chi connectivity index (χ0) is 37.8. The summed E-state index contributed by atoms with van der Waals surface area (Å²) in [7, 11) is 0. The summed E-state index contributed by atoms with van der Waals surface area (Å²) in [5.41, 5.74) is 1.12. The molecule has 0 bridgehead atoms. The molecule has 286 valence electrons. The molecule has 2 unspecified atom stereocenters. The summed E-state index contributed by atoms with van der Waals surface area (Å²) in [6, 6.07) is 11.4. The van der Waals surface area contributed by atoms with Gasteiger partial charge < -0.3 is 39.4 Å². The molecule has 4 amide bonds. The standard InChI is InChI=1S/C38H42F2N6O8/c39-25-6-7-28(40)26(18-25)29-22-44(20-23-4-2-1-3-5-23)36(43-29)34(24-10-14-52-15-11-24)46-21-27-30(19-42-33(27)35(49)37(46)50)54-38(51)41-12-16-53-17-13-45-31(47)8-9-32(45)48/h1-9,18,22,24,27,30,33-35,42,49H,10-17,19-21H2,(H,41,51)/t27-,30+,33?,34?,35-/m0/s1. The van der Waals surface area contributed by atoms with Crippen molar-refractivity contribution in [2.24, 2.45) is 11.8 Å². The number of imide groups is 1. The van der Waals surface area contributed by atoms with Crippen LogP contribution in [-0.2, 0) is 35.1 Å². The van der Waals surface area contributed by atoms with E-state index in [2.05, 4.69) is 10.6 Å². The molecule has 14 nitrogen and oxygen atoms in total. The number of imidazole rings is 1. The van der Waals surface area contributed by atoms with E-state index in [0.717, 1.165) is 28.7 Å². The fraction of sp³-hybridized carbons (Fsp3) is 0.447. The van der Waals surface area contributed by atoms with Gasteiger partial charge in [-0.05, 0) is 42.5 Å². The van der Waals surface area contributed by atoms with Crippen LogP contribution in [-0.4, -0.2) is 119 Å². The van der Waals surface area contributed by atoms with Crippen molar-refractivity contribution in [1.82, 2.24) is 30.0 Å². The molecule has 0 saturated carbocycles. The van der Waals surface area contributed by atoms with Crippen LogP contribution in [0.2, 0.25) is 0 Å². The van der Waals surface area contributed by atoms with Crippen LogP contribution in [0.25, 0.3) is 11.3 Å². The van der Waals surface area contributed by atoms with Crippen molar-refractivity contribution in [2.45, 2.75) is 43.7 Å². The van der Waals surface area contributed by atoms with Gasteiger partial charge in [0.1, 0.15) is 29.7 Å². The van der Waals surface area contributed by atoms with Crippen molar-refractivity contribution in [3.8, 4) is 11.3 Å². The molecular formula is C38H42F2N6O8. The van der Waals surface area contributed by atoms with Gasteiger partial charge in [0.15, 0.2) is 0 Å². The van der Waals surface area contributed by atoms with Gasteiger partial charge in [-0.15, -0.1) is 0 Å². The summed E-state index contributed by atoms with van der Waals surface area (Å²) in [5.74, 6) is -2.74. The van der Waals surface area contributed by atoms with Gasteiger partial charge in [0.2, 0.25) is 0 Å². The number of aromatic nitrogens is 2. The highest BCUT2D eigenvalue weighted by Crippen LogP contribution is 2.41. The first-order chi connectivity index (χ1) is 26.2. The van der Waals surface area contributed by atoms with E-state index in [0.29, 0.717) is 38.4 Å². The molecule has 3 aromatic rings. The van der Waals surface area contributed by atoms with Crippen molar-refractivity contribution < 1.29 is 47.3 Å². The highest BCUT2D eigenvalue weighted by atomic mass is 19.1. The van der Waals surface area contributed by atoms with Crippen LogP contribution in [0, 0.1) is 23.5 Å². The van der Waals surface area contributed by atoms with Crippen molar-refractivity contribution in [2.75, 3.05) is 52.6 Å². The molecule has 16 heteroatoms. The fourth-order valence-corrected chi connectivity index (χ4v) is 7.73. The van der Waals surface area contributed by atoms with Crippen LogP contribution in [0.3, 0.4) is 0 Å². The molecule has 0 spiro atoms. The Balaban J connectivity index is 1.09. The van der Waals surface area contributed by atoms with Gasteiger partial charge in [0, 0.05) is 69.2 Å². The van der Waals surface area contributed by atoms with Crippen molar-refractivity contribution >= 4 is 23.8 Å². The number of nitrogens with one attached hydrogen (secondary N) is 2. The average molecular weight is 749 g/mol. The molecule has 0 radical (unpaired) electrons. The minimum absolute atomic E-state index is 0.0159. The van der Waals surface area contributed by atoms with Crippen LogP contribution in [0.15, 0.2) is 66.9 Å². The summed E-state index contributed by atoms with van der Waals surface area (Å²) < 4.78 is 48.3. The molecule has 5 atom stereocenters. The molecule has 4 aliphatic heterocycles. The van der Waals surface area contributed by atoms with E-state index < -0.39 is 65.7 Å². The third-order valence-electron chi connectivity index (χ3n) is 10.4. The Morgan fingerprint density at radius 3 is 2.57 bits per heavy atom. The smallest absolute Gasteiger partial charge is 0.407 e. The van der Waals surface area contributed by atoms with E-state index in [4.69, 9.17) is 19.2 Å². The number of ether oxygens (including phenoxy) is 3. The summed E-state index contributed by atoms with van der Waals surface area (Å²) in [4.78, 5) is 57.9. The third kappa shape index (κ3) is 8.06. The summed E-state index contributed by atoms with van der Waals surface area (Å²) in [6.07, 6.45) is 2.38. The Hall–Kier alpha value is -5.03. The number of aliphatic hydroxyl groups excluding tert-OH is 1. The molecule has 7 rings (SSSR count). The van der Waals surface area contributed by atoms with Gasteiger partial charge in [0.05, 0.1) is 37.5 Å². The largest absolute Gasteiger partial charge is 0.444 e. The number of piperidine rings is 1. The zero-order valence-electron chi connectivity index (χ0n) is 29.4. The number of nitrogens with zero attached hydrogens (tertiary/aromatic N) is 4. The molecule has 4 aliphatic rings. The first-order valence-electron chi connectivity index (χ1n) is 18.1. The normalized spacial score (nSPS) is 23.6. The van der Waals surface area contributed by atoms with Crippen LogP contribution < -0.4 is 10.6 Å².